The Bertz CT molecular complexity index is 1350. The number of nitrogens with one attached hydrogen (secondary N) is 3. The van der Waals surface area contributed by atoms with Gasteiger partial charge in [-0.3, -0.25) is 20.1 Å². The Morgan fingerprint density at radius 2 is 1.97 bits per heavy atom. The van der Waals surface area contributed by atoms with E-state index in [1.165, 1.54) is 17.8 Å². The van der Waals surface area contributed by atoms with Gasteiger partial charge in [0.25, 0.3) is 5.91 Å². The van der Waals surface area contributed by atoms with Crippen LogP contribution in [0.1, 0.15) is 29.1 Å². The highest BCUT2D eigenvalue weighted by molar-refractivity contribution is 7.16. The van der Waals surface area contributed by atoms with Gasteiger partial charge in [0.15, 0.2) is 5.01 Å². The highest BCUT2D eigenvalue weighted by Crippen LogP contribution is 2.35. The van der Waals surface area contributed by atoms with E-state index in [9.17, 15) is 4.79 Å². The number of hydrogen-bond acceptors (Lipinski definition) is 10. The predicted octanol–water partition coefficient (Wildman–Crippen LogP) is 3.25. The minimum atomic E-state index is -0.0899. The lowest BCUT2D eigenvalue weighted by molar-refractivity contribution is 0.0790. The molecular formula is C23H23N9OS. The lowest BCUT2D eigenvalue weighted by Gasteiger charge is -2.28. The van der Waals surface area contributed by atoms with Gasteiger partial charge < -0.3 is 15.5 Å². The summed E-state index contributed by atoms with van der Waals surface area (Å²) in [5.41, 5.74) is 4.32. The topological polar surface area (TPSA) is 121 Å². The van der Waals surface area contributed by atoms with Crippen molar-refractivity contribution in [1.82, 2.24) is 35.4 Å². The third-order valence-electron chi connectivity index (χ3n) is 6.10. The molecule has 0 unspecified atom stereocenters. The first kappa shape index (κ1) is 20.9. The average Bonchev–Trinajstić information content (AvgIpc) is 3.54. The van der Waals surface area contributed by atoms with E-state index in [0.717, 1.165) is 47.4 Å². The summed E-state index contributed by atoms with van der Waals surface area (Å²) < 4.78 is 0. The SMILES string of the molecule is O=C(c1nnc(-c2cnc(Nc3ccc4nccnc4c3)cc2NC2CCC2)s1)N1CCNC1. The molecule has 1 saturated heterocycles. The van der Waals surface area contributed by atoms with Gasteiger partial charge in [-0.05, 0) is 37.5 Å². The molecule has 0 radical (unpaired) electrons. The van der Waals surface area contributed by atoms with Crippen molar-refractivity contribution in [2.24, 2.45) is 0 Å². The molecule has 3 N–H and O–H groups in total. The zero-order chi connectivity index (χ0) is 22.9. The second-order valence-electron chi connectivity index (χ2n) is 8.41. The number of hydrogen-bond donors (Lipinski definition) is 3. The van der Waals surface area contributed by atoms with Crippen molar-refractivity contribution in [2.45, 2.75) is 25.3 Å². The van der Waals surface area contributed by atoms with Crippen molar-refractivity contribution in [3.63, 3.8) is 0 Å². The van der Waals surface area contributed by atoms with Gasteiger partial charge in [-0.1, -0.05) is 11.3 Å². The molecule has 1 amide bonds. The number of amides is 1. The second-order valence-corrected chi connectivity index (χ2v) is 9.39. The molecular weight excluding hydrogens is 450 g/mol. The first-order valence-corrected chi connectivity index (χ1v) is 12.1. The van der Waals surface area contributed by atoms with E-state index in [4.69, 9.17) is 0 Å². The van der Waals surface area contributed by atoms with Crippen molar-refractivity contribution >= 4 is 45.5 Å². The van der Waals surface area contributed by atoms with Crippen LogP contribution in [-0.4, -0.2) is 61.8 Å². The lowest BCUT2D eigenvalue weighted by Crippen LogP contribution is -2.29. The van der Waals surface area contributed by atoms with Gasteiger partial charge in [0.05, 0.1) is 23.3 Å². The molecule has 4 aromatic rings. The van der Waals surface area contributed by atoms with E-state index in [2.05, 4.69) is 41.1 Å². The zero-order valence-corrected chi connectivity index (χ0v) is 19.2. The number of carbonyl (C=O) groups is 1. The minimum Gasteiger partial charge on any atom is -0.382 e. The van der Waals surface area contributed by atoms with Crippen LogP contribution in [0.4, 0.5) is 17.2 Å². The third-order valence-corrected chi connectivity index (χ3v) is 7.04. The van der Waals surface area contributed by atoms with Crippen LogP contribution in [0.5, 0.6) is 0 Å². The van der Waals surface area contributed by atoms with Crippen LogP contribution in [0.2, 0.25) is 0 Å². The lowest BCUT2D eigenvalue weighted by atomic mass is 9.93. The molecule has 2 fully saturated rings. The number of carbonyl (C=O) groups excluding carboxylic acids is 1. The first-order valence-electron chi connectivity index (χ1n) is 11.3. The molecule has 11 heteroatoms. The summed E-state index contributed by atoms with van der Waals surface area (Å²) in [5.74, 6) is 0.616. The molecule has 1 aromatic carbocycles. The summed E-state index contributed by atoms with van der Waals surface area (Å²) in [6.07, 6.45) is 8.65. The number of rotatable bonds is 6. The Balaban J connectivity index is 1.29. The molecule has 10 nitrogen and oxygen atoms in total. The van der Waals surface area contributed by atoms with Crippen LogP contribution in [0.3, 0.4) is 0 Å². The fourth-order valence-corrected chi connectivity index (χ4v) is 4.84. The summed E-state index contributed by atoms with van der Waals surface area (Å²) in [6.45, 7) is 2.03. The van der Waals surface area contributed by atoms with Gasteiger partial charge in [0.1, 0.15) is 5.82 Å². The fourth-order valence-electron chi connectivity index (χ4n) is 4.01. The number of fused-ring (bicyclic) bond motifs is 1. The summed E-state index contributed by atoms with van der Waals surface area (Å²) in [7, 11) is 0. The van der Waals surface area contributed by atoms with Gasteiger partial charge in [-0.15, -0.1) is 10.2 Å². The highest BCUT2D eigenvalue weighted by atomic mass is 32.1. The van der Waals surface area contributed by atoms with E-state index in [0.29, 0.717) is 35.1 Å². The number of anilines is 3. The molecule has 0 spiro atoms. The molecule has 3 aromatic heterocycles. The summed E-state index contributed by atoms with van der Waals surface area (Å²) in [5, 5.41) is 19.7. The quantitative estimate of drug-likeness (QED) is 0.387. The predicted molar refractivity (Wildman–Crippen MR) is 131 cm³/mol. The number of benzene rings is 1. The van der Waals surface area contributed by atoms with E-state index in [-0.39, 0.29) is 5.91 Å². The van der Waals surface area contributed by atoms with Crippen molar-refractivity contribution in [3.8, 4) is 10.6 Å². The molecule has 1 aliphatic heterocycles. The van der Waals surface area contributed by atoms with Gasteiger partial charge in [0.2, 0.25) is 5.01 Å². The number of aromatic nitrogens is 5. The van der Waals surface area contributed by atoms with E-state index < -0.39 is 0 Å². The summed E-state index contributed by atoms with van der Waals surface area (Å²) in [4.78, 5) is 27.8. The molecule has 1 saturated carbocycles. The molecule has 172 valence electrons. The zero-order valence-electron chi connectivity index (χ0n) is 18.4. The molecule has 0 atom stereocenters. The Kier molecular flexibility index (Phi) is 5.47. The summed E-state index contributed by atoms with van der Waals surface area (Å²) in [6, 6.07) is 8.26. The molecule has 1 aliphatic carbocycles. The maximum absolute atomic E-state index is 12.7. The van der Waals surface area contributed by atoms with Crippen molar-refractivity contribution in [3.05, 3.63) is 47.9 Å². The normalized spacial score (nSPS) is 15.9. The molecule has 2 aliphatic rings. The Hall–Kier alpha value is -3.70. The fraction of sp³-hybridized carbons (Fsp3) is 0.304. The highest BCUT2D eigenvalue weighted by Gasteiger charge is 2.25. The van der Waals surface area contributed by atoms with E-state index in [1.54, 1.807) is 23.5 Å². The van der Waals surface area contributed by atoms with Crippen LogP contribution in [-0.2, 0) is 0 Å². The Morgan fingerprint density at radius 3 is 2.76 bits per heavy atom. The van der Waals surface area contributed by atoms with Crippen LogP contribution in [0.15, 0.2) is 42.9 Å². The number of pyridine rings is 1. The van der Waals surface area contributed by atoms with Gasteiger partial charge in [-0.2, -0.15) is 0 Å². The number of nitrogens with zero attached hydrogens (tertiary/aromatic N) is 6. The van der Waals surface area contributed by atoms with Crippen LogP contribution in [0, 0.1) is 0 Å². The molecule has 4 heterocycles. The largest absolute Gasteiger partial charge is 0.382 e. The Labute approximate surface area is 199 Å². The smallest absolute Gasteiger partial charge is 0.285 e. The minimum absolute atomic E-state index is 0.0899. The third kappa shape index (κ3) is 4.15. The van der Waals surface area contributed by atoms with Crippen molar-refractivity contribution in [2.75, 3.05) is 30.4 Å². The standard InChI is InChI=1S/C23H23N9OS/c33-23(32-9-8-24-13-32)22-31-30-21(34-22)16-12-27-20(11-18(16)28-14-2-1-3-14)29-15-4-5-17-19(10-15)26-7-6-25-17/h4-7,10-12,14,24H,1-3,8-9,13H2,(H2,27,28,29). The van der Waals surface area contributed by atoms with Gasteiger partial charge in [-0.25, -0.2) is 4.98 Å². The monoisotopic (exact) mass is 473 g/mol. The van der Waals surface area contributed by atoms with Crippen LogP contribution >= 0.6 is 11.3 Å². The average molecular weight is 474 g/mol. The Morgan fingerprint density at radius 1 is 1.09 bits per heavy atom. The van der Waals surface area contributed by atoms with Gasteiger partial charge >= 0.3 is 0 Å². The van der Waals surface area contributed by atoms with Crippen LogP contribution in [0.25, 0.3) is 21.6 Å². The maximum Gasteiger partial charge on any atom is 0.285 e. The van der Waals surface area contributed by atoms with Crippen molar-refractivity contribution in [1.29, 1.82) is 0 Å². The second kappa shape index (κ2) is 8.92. The van der Waals surface area contributed by atoms with E-state index in [1.807, 2.05) is 24.3 Å². The van der Waals surface area contributed by atoms with E-state index >= 15 is 0 Å². The maximum atomic E-state index is 12.7. The molecule has 6 rings (SSSR count). The molecule has 34 heavy (non-hydrogen) atoms. The van der Waals surface area contributed by atoms with Crippen molar-refractivity contribution < 1.29 is 4.79 Å². The summed E-state index contributed by atoms with van der Waals surface area (Å²) >= 11 is 1.30. The van der Waals surface area contributed by atoms with Crippen LogP contribution < -0.4 is 16.0 Å². The first-order chi connectivity index (χ1) is 16.7. The molecule has 0 bridgehead atoms. The van der Waals surface area contributed by atoms with Gasteiger partial charge in [0, 0.05) is 55.2 Å².